The Balaban J connectivity index is 2.47. The highest BCUT2D eigenvalue weighted by Crippen LogP contribution is 2.33. The first-order valence-corrected chi connectivity index (χ1v) is 6.49. The van der Waals surface area contributed by atoms with E-state index in [1.54, 1.807) is 0 Å². The Bertz CT molecular complexity index is 280. The largest absolute Gasteiger partial charge is 0.325 e. The summed E-state index contributed by atoms with van der Waals surface area (Å²) in [5.41, 5.74) is 9.40. The highest BCUT2D eigenvalue weighted by atomic mass is 14.7. The standard InChI is InChI=1S/C15H27N/c1-12(2)6-5-11-15(4,16)14-9-7-13(3)8-10-14/h6-7,14H,5,8-11,16H2,1-4H3/t14-,15+/m1/s1. The van der Waals surface area contributed by atoms with Gasteiger partial charge in [0.25, 0.3) is 0 Å². The summed E-state index contributed by atoms with van der Waals surface area (Å²) in [6.07, 6.45) is 10.6. The van der Waals surface area contributed by atoms with Crippen LogP contribution in [-0.4, -0.2) is 5.54 Å². The summed E-state index contributed by atoms with van der Waals surface area (Å²) in [4.78, 5) is 0. The van der Waals surface area contributed by atoms with Crippen LogP contribution in [0, 0.1) is 5.92 Å². The molecule has 0 saturated heterocycles. The Kier molecular flexibility index (Phi) is 4.79. The van der Waals surface area contributed by atoms with E-state index in [2.05, 4.69) is 39.8 Å². The quantitative estimate of drug-likeness (QED) is 0.707. The van der Waals surface area contributed by atoms with Crippen LogP contribution in [0.1, 0.15) is 59.8 Å². The molecule has 0 spiro atoms. The second-order valence-corrected chi connectivity index (χ2v) is 5.85. The third-order valence-corrected chi connectivity index (χ3v) is 3.81. The molecule has 0 heterocycles. The van der Waals surface area contributed by atoms with Crippen LogP contribution in [0.4, 0.5) is 0 Å². The van der Waals surface area contributed by atoms with Crippen molar-refractivity contribution < 1.29 is 0 Å². The summed E-state index contributed by atoms with van der Waals surface area (Å²) >= 11 is 0. The lowest BCUT2D eigenvalue weighted by atomic mass is 9.75. The van der Waals surface area contributed by atoms with Gasteiger partial charge in [-0.05, 0) is 65.7 Å². The summed E-state index contributed by atoms with van der Waals surface area (Å²) in [7, 11) is 0. The SMILES string of the molecule is CC(C)=CCC[C@](C)(N)[C@@H]1CC=C(C)CC1. The van der Waals surface area contributed by atoms with Gasteiger partial charge < -0.3 is 5.73 Å². The lowest BCUT2D eigenvalue weighted by Crippen LogP contribution is -2.44. The highest BCUT2D eigenvalue weighted by Gasteiger charge is 2.29. The van der Waals surface area contributed by atoms with Crippen molar-refractivity contribution >= 4 is 0 Å². The maximum Gasteiger partial charge on any atom is 0.0160 e. The van der Waals surface area contributed by atoms with Gasteiger partial charge in [0.1, 0.15) is 0 Å². The first kappa shape index (κ1) is 13.5. The molecule has 1 heteroatoms. The monoisotopic (exact) mass is 221 g/mol. The number of hydrogen-bond donors (Lipinski definition) is 1. The van der Waals surface area contributed by atoms with E-state index in [4.69, 9.17) is 5.73 Å². The van der Waals surface area contributed by atoms with Gasteiger partial charge in [-0.3, -0.25) is 0 Å². The zero-order valence-electron chi connectivity index (χ0n) is 11.3. The van der Waals surface area contributed by atoms with Gasteiger partial charge >= 0.3 is 0 Å². The number of rotatable bonds is 4. The zero-order valence-corrected chi connectivity index (χ0v) is 11.3. The van der Waals surface area contributed by atoms with Crippen molar-refractivity contribution in [2.75, 3.05) is 0 Å². The first-order chi connectivity index (χ1) is 7.42. The predicted molar refractivity (Wildman–Crippen MR) is 72.4 cm³/mol. The molecule has 1 aliphatic carbocycles. The van der Waals surface area contributed by atoms with Crippen LogP contribution in [0.15, 0.2) is 23.3 Å². The van der Waals surface area contributed by atoms with E-state index in [1.807, 2.05) is 0 Å². The summed E-state index contributed by atoms with van der Waals surface area (Å²) < 4.78 is 0. The molecule has 2 atom stereocenters. The second-order valence-electron chi connectivity index (χ2n) is 5.85. The van der Waals surface area contributed by atoms with Crippen LogP contribution in [0.25, 0.3) is 0 Å². The Morgan fingerprint density at radius 3 is 2.75 bits per heavy atom. The minimum atomic E-state index is 0.00313. The minimum absolute atomic E-state index is 0.00313. The molecule has 1 rings (SSSR count). The van der Waals surface area contributed by atoms with Gasteiger partial charge in [0.05, 0.1) is 0 Å². The summed E-state index contributed by atoms with van der Waals surface area (Å²) in [6, 6.07) is 0. The molecule has 0 saturated carbocycles. The molecule has 0 aliphatic heterocycles. The van der Waals surface area contributed by atoms with Crippen molar-refractivity contribution in [3.05, 3.63) is 23.3 Å². The molecule has 0 fully saturated rings. The molecule has 92 valence electrons. The van der Waals surface area contributed by atoms with Crippen molar-refractivity contribution in [3.8, 4) is 0 Å². The molecule has 0 aromatic rings. The van der Waals surface area contributed by atoms with Crippen molar-refractivity contribution in [3.63, 3.8) is 0 Å². The minimum Gasteiger partial charge on any atom is -0.325 e. The van der Waals surface area contributed by atoms with Gasteiger partial charge in [-0.25, -0.2) is 0 Å². The molecule has 16 heavy (non-hydrogen) atoms. The van der Waals surface area contributed by atoms with Crippen LogP contribution in [0.5, 0.6) is 0 Å². The predicted octanol–water partition coefficient (Wildman–Crippen LogP) is 4.20. The summed E-state index contributed by atoms with van der Waals surface area (Å²) in [5.74, 6) is 0.668. The van der Waals surface area contributed by atoms with Gasteiger partial charge in [0.2, 0.25) is 0 Å². The Morgan fingerprint density at radius 1 is 1.56 bits per heavy atom. The van der Waals surface area contributed by atoms with E-state index in [0.717, 1.165) is 12.8 Å². The van der Waals surface area contributed by atoms with Crippen LogP contribution in [0.3, 0.4) is 0 Å². The van der Waals surface area contributed by atoms with Gasteiger partial charge in [0, 0.05) is 5.54 Å². The fourth-order valence-electron chi connectivity index (χ4n) is 2.44. The molecule has 0 radical (unpaired) electrons. The molecule has 0 amide bonds. The Morgan fingerprint density at radius 2 is 2.25 bits per heavy atom. The third kappa shape index (κ3) is 4.13. The fourth-order valence-corrected chi connectivity index (χ4v) is 2.44. The van der Waals surface area contributed by atoms with E-state index >= 15 is 0 Å². The molecule has 1 nitrogen and oxygen atoms in total. The number of allylic oxidation sites excluding steroid dienone is 4. The van der Waals surface area contributed by atoms with Crippen LogP contribution < -0.4 is 5.73 Å². The maximum atomic E-state index is 6.46. The van der Waals surface area contributed by atoms with E-state index in [-0.39, 0.29) is 5.54 Å². The van der Waals surface area contributed by atoms with Crippen molar-refractivity contribution in [1.82, 2.24) is 0 Å². The zero-order chi connectivity index (χ0) is 12.2. The van der Waals surface area contributed by atoms with Gasteiger partial charge in [-0.15, -0.1) is 0 Å². The topological polar surface area (TPSA) is 26.0 Å². The van der Waals surface area contributed by atoms with E-state index < -0.39 is 0 Å². The first-order valence-electron chi connectivity index (χ1n) is 6.49. The average molecular weight is 221 g/mol. The molecule has 0 aromatic carbocycles. The fraction of sp³-hybridized carbons (Fsp3) is 0.733. The van der Waals surface area contributed by atoms with Gasteiger partial charge in [0.15, 0.2) is 0 Å². The molecule has 1 aliphatic rings. The van der Waals surface area contributed by atoms with E-state index in [9.17, 15) is 0 Å². The Hall–Kier alpha value is -0.560. The van der Waals surface area contributed by atoms with E-state index in [0.29, 0.717) is 5.92 Å². The molecule has 0 unspecified atom stereocenters. The van der Waals surface area contributed by atoms with Gasteiger partial charge in [-0.2, -0.15) is 0 Å². The normalized spacial score (nSPS) is 24.6. The van der Waals surface area contributed by atoms with Crippen LogP contribution in [-0.2, 0) is 0 Å². The summed E-state index contributed by atoms with van der Waals surface area (Å²) in [5, 5.41) is 0. The maximum absolute atomic E-state index is 6.46. The van der Waals surface area contributed by atoms with Crippen molar-refractivity contribution in [1.29, 1.82) is 0 Å². The molecule has 0 bridgehead atoms. The molecular weight excluding hydrogens is 194 g/mol. The highest BCUT2D eigenvalue weighted by molar-refractivity contribution is 5.07. The lowest BCUT2D eigenvalue weighted by molar-refractivity contribution is 0.256. The molecule has 0 aromatic heterocycles. The third-order valence-electron chi connectivity index (χ3n) is 3.81. The number of hydrogen-bond acceptors (Lipinski definition) is 1. The van der Waals surface area contributed by atoms with Crippen molar-refractivity contribution in [2.45, 2.75) is 65.3 Å². The van der Waals surface area contributed by atoms with Crippen molar-refractivity contribution in [2.24, 2.45) is 11.7 Å². The molecule has 2 N–H and O–H groups in total. The second kappa shape index (κ2) is 5.67. The molecular formula is C15H27N. The number of nitrogens with two attached hydrogens (primary N) is 1. The Labute approximate surface area is 101 Å². The summed E-state index contributed by atoms with van der Waals surface area (Å²) in [6.45, 7) is 8.76. The van der Waals surface area contributed by atoms with E-state index in [1.165, 1.54) is 30.4 Å². The smallest absolute Gasteiger partial charge is 0.0160 e. The lowest BCUT2D eigenvalue weighted by Gasteiger charge is -2.36. The average Bonchev–Trinajstić information content (AvgIpc) is 2.17. The van der Waals surface area contributed by atoms with Crippen LogP contribution in [0.2, 0.25) is 0 Å². The van der Waals surface area contributed by atoms with Gasteiger partial charge in [-0.1, -0.05) is 23.3 Å². The van der Waals surface area contributed by atoms with Crippen LogP contribution >= 0.6 is 0 Å².